The van der Waals surface area contributed by atoms with Crippen LogP contribution in [-0.4, -0.2) is 31.7 Å². The Morgan fingerprint density at radius 2 is 2.31 bits per heavy atom. The van der Waals surface area contributed by atoms with Crippen LogP contribution in [0.5, 0.6) is 0 Å². The van der Waals surface area contributed by atoms with Gasteiger partial charge in [-0.05, 0) is 25.2 Å². The fourth-order valence-electron chi connectivity index (χ4n) is 2.04. The highest BCUT2D eigenvalue weighted by Gasteiger charge is 2.21. The summed E-state index contributed by atoms with van der Waals surface area (Å²) in [6.07, 6.45) is 3.54. The molecule has 1 rings (SSSR count). The largest absolute Gasteiger partial charge is 0.378 e. The van der Waals surface area contributed by atoms with Gasteiger partial charge in [-0.1, -0.05) is 13.8 Å². The Hall–Kier alpha value is -0.610. The molecule has 1 heterocycles. The lowest BCUT2D eigenvalue weighted by atomic mass is 9.95. The Balaban J connectivity index is 2.17. The van der Waals surface area contributed by atoms with Crippen molar-refractivity contribution in [2.45, 2.75) is 39.2 Å². The third kappa shape index (κ3) is 4.10. The summed E-state index contributed by atoms with van der Waals surface area (Å²) in [6, 6.07) is 0. The quantitative estimate of drug-likeness (QED) is 0.710. The Morgan fingerprint density at radius 1 is 1.56 bits per heavy atom. The zero-order valence-corrected chi connectivity index (χ0v) is 10.4. The van der Waals surface area contributed by atoms with Crippen molar-refractivity contribution in [1.29, 1.82) is 0 Å². The molecule has 4 nitrogen and oxygen atoms in total. The van der Waals surface area contributed by atoms with E-state index < -0.39 is 0 Å². The van der Waals surface area contributed by atoms with Gasteiger partial charge >= 0.3 is 0 Å². The maximum absolute atomic E-state index is 11.8. The smallest absolute Gasteiger partial charge is 0.224 e. The van der Waals surface area contributed by atoms with Crippen LogP contribution in [0.4, 0.5) is 0 Å². The summed E-state index contributed by atoms with van der Waals surface area (Å²) in [5, 5.41) is 2.94. The lowest BCUT2D eigenvalue weighted by molar-refractivity contribution is -0.126. The normalized spacial score (nSPS) is 22.4. The number of carbonyl (C=O) groups excluding carboxylic acids is 1. The van der Waals surface area contributed by atoms with E-state index in [1.807, 2.05) is 13.8 Å². The highest BCUT2D eigenvalue weighted by molar-refractivity contribution is 5.79. The van der Waals surface area contributed by atoms with E-state index in [0.717, 1.165) is 25.9 Å². The first-order valence-electron chi connectivity index (χ1n) is 6.24. The fourth-order valence-corrected chi connectivity index (χ4v) is 2.04. The number of ether oxygens (including phenoxy) is 1. The van der Waals surface area contributed by atoms with Gasteiger partial charge in [-0.25, -0.2) is 0 Å². The SMILES string of the molecule is CC(C)C(CN)C(=O)NCCC1CCCO1. The van der Waals surface area contributed by atoms with Crippen molar-refractivity contribution in [2.75, 3.05) is 19.7 Å². The number of amides is 1. The molecule has 2 atom stereocenters. The van der Waals surface area contributed by atoms with Crippen molar-refractivity contribution >= 4 is 5.91 Å². The monoisotopic (exact) mass is 228 g/mol. The second-order valence-electron chi connectivity index (χ2n) is 4.80. The molecule has 1 amide bonds. The van der Waals surface area contributed by atoms with Crippen LogP contribution in [0, 0.1) is 11.8 Å². The lowest BCUT2D eigenvalue weighted by Crippen LogP contribution is -2.39. The first kappa shape index (κ1) is 13.5. The summed E-state index contributed by atoms with van der Waals surface area (Å²) >= 11 is 0. The standard InChI is InChI=1S/C12H24N2O2/c1-9(2)11(8-13)12(15)14-6-5-10-4-3-7-16-10/h9-11H,3-8,13H2,1-2H3,(H,14,15). The van der Waals surface area contributed by atoms with Crippen LogP contribution in [0.3, 0.4) is 0 Å². The maximum atomic E-state index is 11.8. The predicted octanol–water partition coefficient (Wildman–Crippen LogP) is 0.903. The molecule has 1 aliphatic heterocycles. The molecule has 1 saturated heterocycles. The molecule has 94 valence electrons. The lowest BCUT2D eigenvalue weighted by Gasteiger charge is -2.18. The highest BCUT2D eigenvalue weighted by Crippen LogP contribution is 2.14. The van der Waals surface area contributed by atoms with Crippen LogP contribution in [0.25, 0.3) is 0 Å². The molecule has 0 bridgehead atoms. The van der Waals surface area contributed by atoms with Gasteiger partial charge in [0.2, 0.25) is 5.91 Å². The van der Waals surface area contributed by atoms with Gasteiger partial charge in [-0.3, -0.25) is 4.79 Å². The van der Waals surface area contributed by atoms with Crippen molar-refractivity contribution in [1.82, 2.24) is 5.32 Å². The van der Waals surface area contributed by atoms with Crippen LogP contribution < -0.4 is 11.1 Å². The fraction of sp³-hybridized carbons (Fsp3) is 0.917. The summed E-state index contributed by atoms with van der Waals surface area (Å²) in [7, 11) is 0. The molecule has 0 aromatic heterocycles. The number of nitrogens with two attached hydrogens (primary N) is 1. The molecule has 0 aromatic carbocycles. The summed E-state index contributed by atoms with van der Waals surface area (Å²) in [5.41, 5.74) is 5.58. The third-order valence-corrected chi connectivity index (χ3v) is 3.18. The van der Waals surface area contributed by atoms with Gasteiger partial charge in [0, 0.05) is 19.7 Å². The van der Waals surface area contributed by atoms with E-state index in [1.54, 1.807) is 0 Å². The molecule has 0 spiro atoms. The Kier molecular flexibility index (Phi) is 5.77. The van der Waals surface area contributed by atoms with Crippen LogP contribution in [0.1, 0.15) is 33.1 Å². The molecule has 0 radical (unpaired) electrons. The molecule has 16 heavy (non-hydrogen) atoms. The second kappa shape index (κ2) is 6.86. The van der Waals surface area contributed by atoms with Gasteiger partial charge in [0.25, 0.3) is 0 Å². The molecular weight excluding hydrogens is 204 g/mol. The average molecular weight is 228 g/mol. The van der Waals surface area contributed by atoms with E-state index in [2.05, 4.69) is 5.32 Å². The van der Waals surface area contributed by atoms with Crippen molar-refractivity contribution in [2.24, 2.45) is 17.6 Å². The molecule has 1 fully saturated rings. The molecule has 0 aromatic rings. The minimum atomic E-state index is -0.0653. The van der Waals surface area contributed by atoms with Crippen molar-refractivity contribution in [3.8, 4) is 0 Å². The Bertz CT molecular complexity index is 213. The zero-order valence-electron chi connectivity index (χ0n) is 10.4. The van der Waals surface area contributed by atoms with E-state index in [4.69, 9.17) is 10.5 Å². The average Bonchev–Trinajstić information content (AvgIpc) is 2.71. The highest BCUT2D eigenvalue weighted by atomic mass is 16.5. The van der Waals surface area contributed by atoms with E-state index in [1.165, 1.54) is 0 Å². The van der Waals surface area contributed by atoms with Crippen LogP contribution in [0.15, 0.2) is 0 Å². The third-order valence-electron chi connectivity index (χ3n) is 3.18. The summed E-state index contributed by atoms with van der Waals surface area (Å²) in [5.74, 6) is 0.313. The Morgan fingerprint density at radius 3 is 2.81 bits per heavy atom. The molecule has 0 saturated carbocycles. The summed E-state index contributed by atoms with van der Waals surface area (Å²) in [4.78, 5) is 11.8. The Labute approximate surface area is 97.9 Å². The van der Waals surface area contributed by atoms with Crippen molar-refractivity contribution in [3.63, 3.8) is 0 Å². The molecule has 0 aliphatic carbocycles. The maximum Gasteiger partial charge on any atom is 0.224 e. The molecule has 4 heteroatoms. The summed E-state index contributed by atoms with van der Waals surface area (Å²) < 4.78 is 5.49. The van der Waals surface area contributed by atoms with Gasteiger partial charge in [0.05, 0.1) is 12.0 Å². The number of rotatable bonds is 6. The van der Waals surface area contributed by atoms with E-state index in [-0.39, 0.29) is 11.8 Å². The van der Waals surface area contributed by atoms with Gasteiger partial charge in [0.1, 0.15) is 0 Å². The van der Waals surface area contributed by atoms with Gasteiger partial charge in [-0.2, -0.15) is 0 Å². The van der Waals surface area contributed by atoms with Crippen LogP contribution >= 0.6 is 0 Å². The number of hydrogen-bond acceptors (Lipinski definition) is 3. The second-order valence-corrected chi connectivity index (χ2v) is 4.80. The molecule has 3 N–H and O–H groups in total. The number of hydrogen-bond donors (Lipinski definition) is 2. The minimum Gasteiger partial charge on any atom is -0.378 e. The molecule has 2 unspecified atom stereocenters. The van der Waals surface area contributed by atoms with Crippen LogP contribution in [0.2, 0.25) is 0 Å². The molecule has 1 aliphatic rings. The van der Waals surface area contributed by atoms with E-state index in [0.29, 0.717) is 25.1 Å². The minimum absolute atomic E-state index is 0.0653. The topological polar surface area (TPSA) is 64.4 Å². The van der Waals surface area contributed by atoms with E-state index in [9.17, 15) is 4.79 Å². The summed E-state index contributed by atoms with van der Waals surface area (Å²) in [6.45, 7) is 6.04. The predicted molar refractivity (Wildman–Crippen MR) is 64.0 cm³/mol. The first-order valence-corrected chi connectivity index (χ1v) is 6.24. The van der Waals surface area contributed by atoms with Crippen molar-refractivity contribution in [3.05, 3.63) is 0 Å². The molecular formula is C12H24N2O2. The van der Waals surface area contributed by atoms with Crippen LogP contribution in [-0.2, 0) is 9.53 Å². The number of nitrogens with one attached hydrogen (secondary N) is 1. The van der Waals surface area contributed by atoms with Gasteiger partial charge in [-0.15, -0.1) is 0 Å². The van der Waals surface area contributed by atoms with E-state index >= 15 is 0 Å². The van der Waals surface area contributed by atoms with Gasteiger partial charge < -0.3 is 15.8 Å². The first-order chi connectivity index (χ1) is 7.65. The number of carbonyl (C=O) groups is 1. The zero-order chi connectivity index (χ0) is 12.0. The van der Waals surface area contributed by atoms with Gasteiger partial charge in [0.15, 0.2) is 0 Å². The van der Waals surface area contributed by atoms with Crippen molar-refractivity contribution < 1.29 is 9.53 Å².